The average Bonchev–Trinajstić information content (AvgIpc) is 2.56. The molecule has 0 bridgehead atoms. The van der Waals surface area contributed by atoms with Crippen LogP contribution in [0.4, 0.5) is 5.69 Å². The largest absolute Gasteiger partial charge is 0.325 e. The summed E-state index contributed by atoms with van der Waals surface area (Å²) < 4.78 is 50.0. The molecule has 0 saturated carbocycles. The summed E-state index contributed by atoms with van der Waals surface area (Å²) >= 11 is 0. The van der Waals surface area contributed by atoms with Crippen molar-refractivity contribution >= 4 is 31.5 Å². The Bertz CT molecular complexity index is 1030. The summed E-state index contributed by atoms with van der Waals surface area (Å²) in [4.78, 5) is 12.0. The third kappa shape index (κ3) is 5.88. The third-order valence-electron chi connectivity index (χ3n) is 3.75. The van der Waals surface area contributed by atoms with E-state index in [0.29, 0.717) is 11.3 Å². The minimum atomic E-state index is -3.77. The van der Waals surface area contributed by atoms with Gasteiger partial charge in [0, 0.05) is 19.8 Å². The van der Waals surface area contributed by atoms with Gasteiger partial charge in [-0.3, -0.25) is 4.79 Å². The summed E-state index contributed by atoms with van der Waals surface area (Å²) in [5.41, 5.74) is 1.84. The number of aryl methyl sites for hydroxylation is 1. The van der Waals surface area contributed by atoms with E-state index in [1.807, 2.05) is 6.92 Å². The summed E-state index contributed by atoms with van der Waals surface area (Å²) in [6, 6.07) is 12.7. The van der Waals surface area contributed by atoms with E-state index in [1.54, 1.807) is 24.3 Å². The molecule has 1 N–H and O–H groups in total. The van der Waals surface area contributed by atoms with Crippen molar-refractivity contribution in [2.75, 3.05) is 25.2 Å². The lowest BCUT2D eigenvalue weighted by Crippen LogP contribution is -2.24. The highest BCUT2D eigenvalue weighted by Gasteiger charge is 2.21. The fraction of sp³-hybridized carbons (Fsp3) is 0.278. The van der Waals surface area contributed by atoms with Gasteiger partial charge in [-0.2, -0.15) is 0 Å². The Balaban J connectivity index is 2.10. The number of carbonyl (C=O) groups excluding carboxylic acids is 1. The predicted octanol–water partition coefficient (Wildman–Crippen LogP) is 1.80. The van der Waals surface area contributed by atoms with Crippen LogP contribution in [0.2, 0.25) is 0 Å². The highest BCUT2D eigenvalue weighted by Crippen LogP contribution is 2.17. The highest BCUT2D eigenvalue weighted by atomic mass is 32.2. The smallest absolute Gasteiger partial charge is 0.242 e. The first-order valence-electron chi connectivity index (χ1n) is 8.08. The molecule has 146 valence electrons. The van der Waals surface area contributed by atoms with E-state index >= 15 is 0 Å². The number of anilines is 1. The normalized spacial score (nSPS) is 12.1. The molecule has 0 atom stereocenters. The van der Waals surface area contributed by atoms with Crippen molar-refractivity contribution < 1.29 is 21.6 Å². The SMILES string of the molecule is Cc1ccc(NC(=O)CS(=O)(=O)Cc2cccc(S(=O)(=O)N(C)C)c2)cc1. The van der Waals surface area contributed by atoms with E-state index in [2.05, 4.69) is 5.32 Å². The number of benzene rings is 2. The van der Waals surface area contributed by atoms with Crippen molar-refractivity contribution in [2.45, 2.75) is 17.6 Å². The van der Waals surface area contributed by atoms with Gasteiger partial charge in [-0.05, 0) is 36.8 Å². The standard InChI is InChI=1S/C18H22N2O5S2/c1-14-7-9-16(10-8-14)19-18(21)13-26(22,23)12-15-5-4-6-17(11-15)27(24,25)20(2)3/h4-11H,12-13H2,1-3H3,(H,19,21). The fourth-order valence-corrected chi connectivity index (χ4v) is 4.58. The summed E-state index contributed by atoms with van der Waals surface area (Å²) in [5.74, 6) is -1.76. The molecule has 0 aliphatic rings. The molecule has 2 rings (SSSR count). The van der Waals surface area contributed by atoms with Crippen LogP contribution in [-0.2, 0) is 30.4 Å². The molecule has 27 heavy (non-hydrogen) atoms. The number of hydrogen-bond donors (Lipinski definition) is 1. The second-order valence-electron chi connectivity index (χ2n) is 6.38. The molecule has 9 heteroatoms. The molecule has 2 aromatic rings. The average molecular weight is 411 g/mol. The van der Waals surface area contributed by atoms with Gasteiger partial charge in [-0.25, -0.2) is 21.1 Å². The fourth-order valence-electron chi connectivity index (χ4n) is 2.35. The molecular formula is C18H22N2O5S2. The van der Waals surface area contributed by atoms with Gasteiger partial charge in [-0.1, -0.05) is 29.8 Å². The van der Waals surface area contributed by atoms with E-state index < -0.39 is 37.3 Å². The van der Waals surface area contributed by atoms with Gasteiger partial charge in [0.2, 0.25) is 15.9 Å². The zero-order valence-corrected chi connectivity index (χ0v) is 17.0. The van der Waals surface area contributed by atoms with Gasteiger partial charge in [-0.15, -0.1) is 0 Å². The first kappa shape index (κ1) is 21.1. The summed E-state index contributed by atoms with van der Waals surface area (Å²) in [7, 11) is -4.63. The molecule has 0 saturated heterocycles. The number of nitrogens with one attached hydrogen (secondary N) is 1. The van der Waals surface area contributed by atoms with Crippen molar-refractivity contribution in [1.29, 1.82) is 0 Å². The van der Waals surface area contributed by atoms with E-state index in [4.69, 9.17) is 0 Å². The molecule has 2 aromatic carbocycles. The lowest BCUT2D eigenvalue weighted by atomic mass is 10.2. The van der Waals surface area contributed by atoms with Crippen molar-refractivity contribution in [3.63, 3.8) is 0 Å². The second kappa shape index (κ2) is 8.20. The van der Waals surface area contributed by atoms with Gasteiger partial charge in [0.15, 0.2) is 9.84 Å². The molecule has 0 aliphatic carbocycles. The maximum absolute atomic E-state index is 12.3. The Hall–Kier alpha value is -2.23. The van der Waals surface area contributed by atoms with Gasteiger partial charge in [0.05, 0.1) is 10.6 Å². The minimum absolute atomic E-state index is 0.00399. The Morgan fingerprint density at radius 1 is 1.00 bits per heavy atom. The van der Waals surface area contributed by atoms with Crippen LogP contribution in [0.15, 0.2) is 53.4 Å². The topological polar surface area (TPSA) is 101 Å². The summed E-state index contributed by atoms with van der Waals surface area (Å²) in [6.45, 7) is 1.90. The van der Waals surface area contributed by atoms with E-state index in [0.717, 1.165) is 9.87 Å². The van der Waals surface area contributed by atoms with Crippen molar-refractivity contribution in [2.24, 2.45) is 0 Å². The van der Waals surface area contributed by atoms with Gasteiger partial charge in [0.1, 0.15) is 5.75 Å². The maximum atomic E-state index is 12.3. The summed E-state index contributed by atoms with van der Waals surface area (Å²) in [5, 5.41) is 2.54. The molecule has 1 amide bonds. The predicted molar refractivity (Wildman–Crippen MR) is 105 cm³/mol. The van der Waals surface area contributed by atoms with Crippen LogP contribution < -0.4 is 5.32 Å². The van der Waals surface area contributed by atoms with E-state index in [-0.39, 0.29) is 4.90 Å². The third-order valence-corrected chi connectivity index (χ3v) is 7.04. The van der Waals surface area contributed by atoms with Crippen LogP contribution in [0, 0.1) is 6.92 Å². The maximum Gasteiger partial charge on any atom is 0.242 e. The Labute approximate surface area is 160 Å². The Morgan fingerprint density at radius 2 is 1.63 bits per heavy atom. The lowest BCUT2D eigenvalue weighted by molar-refractivity contribution is -0.113. The van der Waals surface area contributed by atoms with Crippen molar-refractivity contribution in [3.8, 4) is 0 Å². The quantitative estimate of drug-likeness (QED) is 0.750. The number of rotatable bonds is 7. The number of nitrogens with zero attached hydrogens (tertiary/aromatic N) is 1. The number of sulfonamides is 1. The molecule has 0 heterocycles. The van der Waals surface area contributed by atoms with Crippen molar-refractivity contribution in [1.82, 2.24) is 4.31 Å². The van der Waals surface area contributed by atoms with E-state index in [1.165, 1.54) is 38.4 Å². The molecule has 7 nitrogen and oxygen atoms in total. The number of amides is 1. The zero-order valence-electron chi connectivity index (χ0n) is 15.3. The van der Waals surface area contributed by atoms with Crippen LogP contribution in [-0.4, -0.2) is 46.9 Å². The first-order chi connectivity index (χ1) is 12.5. The van der Waals surface area contributed by atoms with Crippen LogP contribution >= 0.6 is 0 Å². The highest BCUT2D eigenvalue weighted by molar-refractivity contribution is 7.91. The zero-order chi connectivity index (χ0) is 20.2. The second-order valence-corrected chi connectivity index (χ2v) is 10.6. The van der Waals surface area contributed by atoms with Gasteiger partial charge < -0.3 is 5.32 Å². The van der Waals surface area contributed by atoms with E-state index in [9.17, 15) is 21.6 Å². The van der Waals surface area contributed by atoms with Crippen LogP contribution in [0.5, 0.6) is 0 Å². The van der Waals surface area contributed by atoms with Crippen LogP contribution in [0.1, 0.15) is 11.1 Å². The molecule has 0 unspecified atom stereocenters. The molecule has 0 spiro atoms. The first-order valence-corrected chi connectivity index (χ1v) is 11.3. The molecule has 0 fully saturated rings. The Kier molecular flexibility index (Phi) is 6.40. The Morgan fingerprint density at radius 3 is 2.22 bits per heavy atom. The van der Waals surface area contributed by atoms with Crippen LogP contribution in [0.25, 0.3) is 0 Å². The number of carbonyl (C=O) groups is 1. The minimum Gasteiger partial charge on any atom is -0.325 e. The molecule has 0 radical (unpaired) electrons. The number of sulfone groups is 1. The number of hydrogen-bond acceptors (Lipinski definition) is 5. The van der Waals surface area contributed by atoms with Gasteiger partial charge >= 0.3 is 0 Å². The molecule has 0 aromatic heterocycles. The monoisotopic (exact) mass is 410 g/mol. The van der Waals surface area contributed by atoms with Crippen LogP contribution in [0.3, 0.4) is 0 Å². The summed E-state index contributed by atoms with van der Waals surface area (Å²) in [6.07, 6.45) is 0. The lowest BCUT2D eigenvalue weighted by Gasteiger charge is -2.12. The van der Waals surface area contributed by atoms with Gasteiger partial charge in [0.25, 0.3) is 0 Å². The van der Waals surface area contributed by atoms with Crippen molar-refractivity contribution in [3.05, 3.63) is 59.7 Å². The molecular weight excluding hydrogens is 388 g/mol. The molecule has 0 aliphatic heterocycles.